The van der Waals surface area contributed by atoms with E-state index in [2.05, 4.69) is 5.32 Å². The second-order valence-corrected chi connectivity index (χ2v) is 6.35. The number of carbonyl (C=O) groups is 1. The summed E-state index contributed by atoms with van der Waals surface area (Å²) in [4.78, 5) is 13.9. The van der Waals surface area contributed by atoms with Crippen LogP contribution >= 0.6 is 23.2 Å². The number of benzene rings is 2. The summed E-state index contributed by atoms with van der Waals surface area (Å²) in [5.74, 6) is -0.321. The van der Waals surface area contributed by atoms with E-state index in [1.807, 2.05) is 11.9 Å². The van der Waals surface area contributed by atoms with E-state index in [0.29, 0.717) is 41.8 Å². The van der Waals surface area contributed by atoms with Crippen LogP contribution in [0.15, 0.2) is 42.5 Å². The molecule has 2 aromatic carbocycles. The quantitative estimate of drug-likeness (QED) is 0.729. The molecular formula is C18H19Cl2FN2O2. The molecule has 0 heterocycles. The van der Waals surface area contributed by atoms with Gasteiger partial charge in [-0.1, -0.05) is 35.3 Å². The second kappa shape index (κ2) is 9.61. The van der Waals surface area contributed by atoms with Crippen LogP contribution in [0.1, 0.15) is 6.42 Å². The van der Waals surface area contributed by atoms with Crippen LogP contribution in [0.25, 0.3) is 0 Å². The molecule has 2 rings (SSSR count). The van der Waals surface area contributed by atoms with Gasteiger partial charge in [-0.05, 0) is 37.4 Å². The molecule has 0 radical (unpaired) electrons. The SMILES string of the molecule is CN(CCOc1ccccc1F)CCC(=O)Nc1cc(Cl)ccc1Cl. The van der Waals surface area contributed by atoms with Gasteiger partial charge in [0, 0.05) is 24.5 Å². The Bertz CT molecular complexity index is 728. The van der Waals surface area contributed by atoms with Crippen molar-refractivity contribution in [1.82, 2.24) is 4.90 Å². The van der Waals surface area contributed by atoms with E-state index in [1.165, 1.54) is 6.07 Å². The average Bonchev–Trinajstić information content (AvgIpc) is 2.58. The lowest BCUT2D eigenvalue weighted by Gasteiger charge is -2.17. The van der Waals surface area contributed by atoms with E-state index < -0.39 is 0 Å². The van der Waals surface area contributed by atoms with Crippen LogP contribution in [0.5, 0.6) is 5.75 Å². The first kappa shape index (κ1) is 19.5. The fraction of sp³-hybridized carbons (Fsp3) is 0.278. The number of ether oxygens (including phenoxy) is 1. The zero-order valence-electron chi connectivity index (χ0n) is 13.8. The summed E-state index contributed by atoms with van der Waals surface area (Å²) in [6.45, 7) is 1.43. The number of hydrogen-bond acceptors (Lipinski definition) is 3. The number of nitrogens with zero attached hydrogens (tertiary/aromatic N) is 1. The van der Waals surface area contributed by atoms with Crippen molar-refractivity contribution in [3.05, 3.63) is 58.3 Å². The van der Waals surface area contributed by atoms with Crippen molar-refractivity contribution >= 4 is 34.8 Å². The Balaban J connectivity index is 1.70. The molecule has 0 unspecified atom stereocenters. The number of rotatable bonds is 8. The Kier molecular flexibility index (Phi) is 7.50. The highest BCUT2D eigenvalue weighted by molar-refractivity contribution is 6.35. The predicted molar refractivity (Wildman–Crippen MR) is 99.1 cm³/mol. The highest BCUT2D eigenvalue weighted by Gasteiger charge is 2.09. The first-order valence-electron chi connectivity index (χ1n) is 7.76. The largest absolute Gasteiger partial charge is 0.489 e. The molecule has 4 nitrogen and oxygen atoms in total. The molecule has 0 aromatic heterocycles. The second-order valence-electron chi connectivity index (χ2n) is 5.50. The van der Waals surface area contributed by atoms with Crippen LogP contribution in [0, 0.1) is 5.82 Å². The molecule has 0 fully saturated rings. The fourth-order valence-corrected chi connectivity index (χ4v) is 2.42. The number of nitrogens with one attached hydrogen (secondary N) is 1. The number of hydrogen-bond donors (Lipinski definition) is 1. The summed E-state index contributed by atoms with van der Waals surface area (Å²) in [5.41, 5.74) is 0.490. The number of halogens is 3. The lowest BCUT2D eigenvalue weighted by Crippen LogP contribution is -2.28. The van der Waals surface area contributed by atoms with Crippen LogP contribution in [0.3, 0.4) is 0 Å². The van der Waals surface area contributed by atoms with Gasteiger partial charge in [0.1, 0.15) is 6.61 Å². The van der Waals surface area contributed by atoms with Gasteiger partial charge in [0.15, 0.2) is 11.6 Å². The lowest BCUT2D eigenvalue weighted by atomic mass is 10.3. The molecular weight excluding hydrogens is 366 g/mol. The van der Waals surface area contributed by atoms with Crippen molar-refractivity contribution in [1.29, 1.82) is 0 Å². The number of para-hydroxylation sites is 1. The summed E-state index contributed by atoms with van der Waals surface area (Å²) in [6.07, 6.45) is 0.291. The van der Waals surface area contributed by atoms with E-state index in [-0.39, 0.29) is 17.5 Å². The molecule has 0 aliphatic carbocycles. The van der Waals surface area contributed by atoms with Gasteiger partial charge in [0.05, 0.1) is 10.7 Å². The maximum Gasteiger partial charge on any atom is 0.225 e. The Morgan fingerprint density at radius 2 is 1.96 bits per heavy atom. The molecule has 25 heavy (non-hydrogen) atoms. The molecule has 0 saturated heterocycles. The van der Waals surface area contributed by atoms with Gasteiger partial charge in [0.2, 0.25) is 5.91 Å². The Hall–Kier alpha value is -1.82. The van der Waals surface area contributed by atoms with Gasteiger partial charge in [-0.25, -0.2) is 4.39 Å². The average molecular weight is 385 g/mol. The maximum absolute atomic E-state index is 13.4. The van der Waals surface area contributed by atoms with Crippen LogP contribution < -0.4 is 10.1 Å². The van der Waals surface area contributed by atoms with Gasteiger partial charge in [-0.3, -0.25) is 4.79 Å². The topological polar surface area (TPSA) is 41.6 Å². The van der Waals surface area contributed by atoms with Gasteiger partial charge >= 0.3 is 0 Å². The molecule has 134 valence electrons. The Morgan fingerprint density at radius 3 is 2.72 bits per heavy atom. The van der Waals surface area contributed by atoms with Crippen LogP contribution in [-0.4, -0.2) is 37.6 Å². The normalized spacial score (nSPS) is 10.8. The standard InChI is InChI=1S/C18H19Cl2FN2O2/c1-23(10-11-25-17-5-3-2-4-15(17)21)9-8-18(24)22-16-12-13(19)6-7-14(16)20/h2-7,12H,8-11H2,1H3,(H,22,24). The van der Waals surface area contributed by atoms with E-state index in [1.54, 1.807) is 36.4 Å². The molecule has 0 aliphatic rings. The highest BCUT2D eigenvalue weighted by Crippen LogP contribution is 2.25. The van der Waals surface area contributed by atoms with Crippen molar-refractivity contribution in [2.75, 3.05) is 32.1 Å². The molecule has 1 amide bonds. The molecule has 0 bridgehead atoms. The van der Waals surface area contributed by atoms with Gasteiger partial charge in [-0.15, -0.1) is 0 Å². The molecule has 7 heteroatoms. The molecule has 2 aromatic rings. The summed E-state index contributed by atoms with van der Waals surface area (Å²) in [7, 11) is 1.87. The maximum atomic E-state index is 13.4. The zero-order valence-corrected chi connectivity index (χ0v) is 15.3. The molecule has 0 saturated carbocycles. The van der Waals surface area contributed by atoms with E-state index in [9.17, 15) is 9.18 Å². The Morgan fingerprint density at radius 1 is 1.20 bits per heavy atom. The van der Waals surface area contributed by atoms with Crippen molar-refractivity contribution in [3.63, 3.8) is 0 Å². The zero-order chi connectivity index (χ0) is 18.2. The van der Waals surface area contributed by atoms with Crippen molar-refractivity contribution in [2.45, 2.75) is 6.42 Å². The van der Waals surface area contributed by atoms with E-state index in [4.69, 9.17) is 27.9 Å². The smallest absolute Gasteiger partial charge is 0.225 e. The first-order valence-corrected chi connectivity index (χ1v) is 8.52. The monoisotopic (exact) mass is 384 g/mol. The van der Waals surface area contributed by atoms with Crippen LogP contribution in [-0.2, 0) is 4.79 Å². The minimum absolute atomic E-state index is 0.161. The third kappa shape index (κ3) is 6.53. The molecule has 0 atom stereocenters. The van der Waals surface area contributed by atoms with Crippen molar-refractivity contribution in [2.24, 2.45) is 0 Å². The third-order valence-corrected chi connectivity index (χ3v) is 4.05. The number of anilines is 1. The van der Waals surface area contributed by atoms with Crippen LogP contribution in [0.4, 0.5) is 10.1 Å². The predicted octanol–water partition coefficient (Wildman–Crippen LogP) is 4.47. The summed E-state index contributed by atoms with van der Waals surface area (Å²) >= 11 is 11.9. The molecule has 0 aliphatic heterocycles. The molecule has 0 spiro atoms. The summed E-state index contributed by atoms with van der Waals surface area (Å²) < 4.78 is 18.8. The highest BCUT2D eigenvalue weighted by atomic mass is 35.5. The summed E-state index contributed by atoms with van der Waals surface area (Å²) in [6, 6.07) is 11.1. The van der Waals surface area contributed by atoms with Crippen molar-refractivity contribution in [3.8, 4) is 5.75 Å². The lowest BCUT2D eigenvalue weighted by molar-refractivity contribution is -0.116. The fourth-order valence-electron chi connectivity index (χ4n) is 2.08. The van der Waals surface area contributed by atoms with Crippen molar-refractivity contribution < 1.29 is 13.9 Å². The van der Waals surface area contributed by atoms with Gasteiger partial charge in [-0.2, -0.15) is 0 Å². The number of likely N-dealkylation sites (N-methyl/N-ethyl adjacent to an activating group) is 1. The minimum Gasteiger partial charge on any atom is -0.489 e. The third-order valence-electron chi connectivity index (χ3n) is 3.49. The van der Waals surface area contributed by atoms with Crippen LogP contribution in [0.2, 0.25) is 10.0 Å². The summed E-state index contributed by atoms with van der Waals surface area (Å²) in [5, 5.41) is 3.67. The number of amides is 1. The van der Waals surface area contributed by atoms with E-state index in [0.717, 1.165) is 0 Å². The minimum atomic E-state index is -0.386. The van der Waals surface area contributed by atoms with Gasteiger partial charge in [0.25, 0.3) is 0 Å². The number of carbonyl (C=O) groups excluding carboxylic acids is 1. The van der Waals surface area contributed by atoms with Gasteiger partial charge < -0.3 is 15.0 Å². The molecule has 1 N–H and O–H groups in total. The Labute approximate surface area is 156 Å². The first-order chi connectivity index (χ1) is 12.0. The van der Waals surface area contributed by atoms with E-state index >= 15 is 0 Å².